The third kappa shape index (κ3) is 4.06. The van der Waals surface area contributed by atoms with Crippen molar-refractivity contribution in [3.05, 3.63) is 53.6 Å². The summed E-state index contributed by atoms with van der Waals surface area (Å²) in [5.41, 5.74) is 1.81. The fourth-order valence-corrected chi connectivity index (χ4v) is 4.81. The molecule has 2 aromatic carbocycles. The van der Waals surface area contributed by atoms with E-state index in [9.17, 15) is 13.2 Å². The molecule has 0 aliphatic carbocycles. The van der Waals surface area contributed by atoms with E-state index in [-0.39, 0.29) is 11.7 Å². The van der Waals surface area contributed by atoms with E-state index in [1.807, 2.05) is 12.1 Å². The topological polar surface area (TPSA) is 76.2 Å². The number of carbonyl (C=O) groups is 1. The van der Waals surface area contributed by atoms with Crippen molar-refractivity contribution >= 4 is 21.6 Å². The van der Waals surface area contributed by atoms with Crippen molar-refractivity contribution < 1.29 is 22.7 Å². The molecule has 0 N–H and O–H groups in total. The number of hydrogen-bond donors (Lipinski definition) is 0. The summed E-state index contributed by atoms with van der Waals surface area (Å²) in [6.07, 6.45) is 0.595. The number of methoxy groups -OCH3 is 2. The molecule has 28 heavy (non-hydrogen) atoms. The molecule has 7 nitrogen and oxygen atoms in total. The molecule has 1 saturated heterocycles. The zero-order valence-corrected chi connectivity index (χ0v) is 17.0. The minimum atomic E-state index is -3.29. The highest BCUT2D eigenvalue weighted by atomic mass is 32.2. The van der Waals surface area contributed by atoms with Crippen LogP contribution in [-0.4, -0.2) is 52.8 Å². The first-order chi connectivity index (χ1) is 13.4. The highest BCUT2D eigenvalue weighted by Gasteiger charge is 2.29. The molecule has 1 aliphatic heterocycles. The zero-order chi connectivity index (χ0) is 20.3. The predicted octanol–water partition coefficient (Wildman–Crippen LogP) is 2.52. The first-order valence-electron chi connectivity index (χ1n) is 8.92. The Labute approximate surface area is 165 Å². The highest BCUT2D eigenvalue weighted by molar-refractivity contribution is 7.93. The summed E-state index contributed by atoms with van der Waals surface area (Å²) >= 11 is 0. The molecular formula is C20H24N2O5S. The van der Waals surface area contributed by atoms with E-state index < -0.39 is 10.0 Å². The van der Waals surface area contributed by atoms with Crippen molar-refractivity contribution in [2.75, 3.05) is 37.9 Å². The number of hydrogen-bond acceptors (Lipinski definition) is 5. The van der Waals surface area contributed by atoms with Gasteiger partial charge in [-0.25, -0.2) is 8.42 Å². The Morgan fingerprint density at radius 3 is 2.57 bits per heavy atom. The highest BCUT2D eigenvalue weighted by Crippen LogP contribution is 2.27. The number of amides is 1. The molecule has 3 rings (SSSR count). The molecule has 1 aliphatic rings. The van der Waals surface area contributed by atoms with Crippen LogP contribution in [0.2, 0.25) is 0 Å². The van der Waals surface area contributed by atoms with E-state index in [0.29, 0.717) is 42.3 Å². The van der Waals surface area contributed by atoms with Gasteiger partial charge in [0.2, 0.25) is 10.0 Å². The summed E-state index contributed by atoms with van der Waals surface area (Å²) in [6.45, 7) is 0.789. The van der Waals surface area contributed by atoms with Gasteiger partial charge in [0.05, 0.1) is 25.7 Å². The van der Waals surface area contributed by atoms with Crippen molar-refractivity contribution in [2.45, 2.75) is 13.0 Å². The van der Waals surface area contributed by atoms with Gasteiger partial charge in [0.1, 0.15) is 11.5 Å². The molecular weight excluding hydrogens is 380 g/mol. The fraction of sp³-hybridized carbons (Fsp3) is 0.350. The Hall–Kier alpha value is -2.74. The molecule has 150 valence electrons. The van der Waals surface area contributed by atoms with E-state index in [1.54, 1.807) is 56.5 Å². The Bertz CT molecular complexity index is 974. The van der Waals surface area contributed by atoms with Gasteiger partial charge in [-0.3, -0.25) is 9.10 Å². The number of carbonyl (C=O) groups excluding carboxylic acids is 1. The molecule has 8 heteroatoms. The standard InChI is InChI=1S/C20H24N2O5S/c1-21(14-16-8-9-18(26-2)13-19(16)27-3)20(23)15-6-4-7-17(12-15)22-10-5-11-28(22,24)25/h4,6-9,12-13H,5,10-11,14H2,1-3H3. The van der Waals surface area contributed by atoms with Gasteiger partial charge in [-0.1, -0.05) is 6.07 Å². The largest absolute Gasteiger partial charge is 0.497 e. The van der Waals surface area contributed by atoms with Crippen LogP contribution in [0, 0.1) is 0 Å². The number of anilines is 1. The lowest BCUT2D eigenvalue weighted by Gasteiger charge is -2.21. The molecule has 0 radical (unpaired) electrons. The molecule has 1 heterocycles. The third-order valence-corrected chi connectivity index (χ3v) is 6.60. The second kappa shape index (κ2) is 8.10. The summed E-state index contributed by atoms with van der Waals surface area (Å²) in [4.78, 5) is 14.5. The fourth-order valence-electron chi connectivity index (χ4n) is 3.25. The van der Waals surface area contributed by atoms with Crippen LogP contribution in [0.15, 0.2) is 42.5 Å². The van der Waals surface area contributed by atoms with Crippen molar-refractivity contribution in [3.63, 3.8) is 0 Å². The quantitative estimate of drug-likeness (QED) is 0.739. The van der Waals surface area contributed by atoms with Crippen LogP contribution >= 0.6 is 0 Å². The van der Waals surface area contributed by atoms with E-state index in [2.05, 4.69) is 0 Å². The van der Waals surface area contributed by atoms with Crippen LogP contribution in [0.5, 0.6) is 11.5 Å². The number of sulfonamides is 1. The minimum absolute atomic E-state index is 0.141. The van der Waals surface area contributed by atoms with Crippen molar-refractivity contribution in [1.29, 1.82) is 0 Å². The van der Waals surface area contributed by atoms with Crippen molar-refractivity contribution in [2.24, 2.45) is 0 Å². The zero-order valence-electron chi connectivity index (χ0n) is 16.2. The van der Waals surface area contributed by atoms with E-state index in [4.69, 9.17) is 9.47 Å². The Morgan fingerprint density at radius 2 is 1.93 bits per heavy atom. The summed E-state index contributed by atoms with van der Waals surface area (Å²) in [6, 6.07) is 12.2. The van der Waals surface area contributed by atoms with Gasteiger partial charge in [0.15, 0.2) is 0 Å². The number of benzene rings is 2. The third-order valence-electron chi connectivity index (χ3n) is 4.73. The average molecular weight is 404 g/mol. The summed E-state index contributed by atoms with van der Waals surface area (Å²) in [5, 5.41) is 0. The SMILES string of the molecule is COc1ccc(CN(C)C(=O)c2cccc(N3CCCS3(=O)=O)c2)c(OC)c1. The van der Waals surface area contributed by atoms with Gasteiger partial charge in [-0.05, 0) is 36.8 Å². The molecule has 2 aromatic rings. The number of nitrogens with zero attached hydrogens (tertiary/aromatic N) is 2. The van der Waals surface area contributed by atoms with E-state index in [0.717, 1.165) is 5.56 Å². The first-order valence-corrected chi connectivity index (χ1v) is 10.5. The van der Waals surface area contributed by atoms with Gasteiger partial charge in [-0.15, -0.1) is 0 Å². The lowest BCUT2D eigenvalue weighted by molar-refractivity contribution is 0.0784. The van der Waals surface area contributed by atoms with Gasteiger partial charge < -0.3 is 14.4 Å². The van der Waals surface area contributed by atoms with Gasteiger partial charge in [0, 0.05) is 37.3 Å². The maximum atomic E-state index is 12.9. The maximum absolute atomic E-state index is 12.9. The van der Waals surface area contributed by atoms with Crippen LogP contribution in [-0.2, 0) is 16.6 Å². The summed E-state index contributed by atoms with van der Waals surface area (Å²) in [5.74, 6) is 1.25. The second-order valence-corrected chi connectivity index (χ2v) is 8.64. The average Bonchev–Trinajstić information content (AvgIpc) is 3.06. The Balaban J connectivity index is 1.80. The lowest BCUT2D eigenvalue weighted by atomic mass is 10.1. The molecule has 0 atom stereocenters. The van der Waals surface area contributed by atoms with E-state index >= 15 is 0 Å². The van der Waals surface area contributed by atoms with Crippen LogP contribution in [0.1, 0.15) is 22.3 Å². The molecule has 1 fully saturated rings. The predicted molar refractivity (Wildman–Crippen MR) is 108 cm³/mol. The minimum Gasteiger partial charge on any atom is -0.497 e. The summed E-state index contributed by atoms with van der Waals surface area (Å²) < 4.78 is 36.3. The Morgan fingerprint density at radius 1 is 1.14 bits per heavy atom. The molecule has 0 aromatic heterocycles. The van der Waals surface area contributed by atoms with Crippen LogP contribution in [0.4, 0.5) is 5.69 Å². The normalized spacial score (nSPS) is 15.3. The molecule has 0 unspecified atom stereocenters. The maximum Gasteiger partial charge on any atom is 0.253 e. The van der Waals surface area contributed by atoms with Gasteiger partial charge in [0.25, 0.3) is 5.91 Å². The molecule has 1 amide bonds. The Kier molecular flexibility index (Phi) is 5.79. The summed E-state index contributed by atoms with van der Waals surface area (Å²) in [7, 11) is 1.56. The van der Waals surface area contributed by atoms with E-state index in [1.165, 1.54) is 4.31 Å². The van der Waals surface area contributed by atoms with Crippen LogP contribution in [0.25, 0.3) is 0 Å². The molecule has 0 saturated carbocycles. The van der Waals surface area contributed by atoms with Gasteiger partial charge >= 0.3 is 0 Å². The van der Waals surface area contributed by atoms with Gasteiger partial charge in [-0.2, -0.15) is 0 Å². The smallest absolute Gasteiger partial charge is 0.253 e. The monoisotopic (exact) mass is 404 g/mol. The number of rotatable bonds is 6. The lowest BCUT2D eigenvalue weighted by Crippen LogP contribution is -2.28. The van der Waals surface area contributed by atoms with Crippen LogP contribution in [0.3, 0.4) is 0 Å². The molecule has 0 spiro atoms. The van der Waals surface area contributed by atoms with Crippen molar-refractivity contribution in [3.8, 4) is 11.5 Å². The first kappa shape index (κ1) is 20.0. The second-order valence-electron chi connectivity index (χ2n) is 6.63. The number of ether oxygens (including phenoxy) is 2. The van der Waals surface area contributed by atoms with Crippen LogP contribution < -0.4 is 13.8 Å². The van der Waals surface area contributed by atoms with Crippen molar-refractivity contribution in [1.82, 2.24) is 4.90 Å². The molecule has 0 bridgehead atoms.